The van der Waals surface area contributed by atoms with Crippen LogP contribution in [0.1, 0.15) is 30.7 Å². The summed E-state index contributed by atoms with van der Waals surface area (Å²) in [6.07, 6.45) is 1.54. The molecule has 13 heteroatoms. The van der Waals surface area contributed by atoms with Gasteiger partial charge >= 0.3 is 0 Å². The van der Waals surface area contributed by atoms with E-state index in [-0.39, 0.29) is 28.8 Å². The maximum atomic E-state index is 13.5. The molecule has 0 spiro atoms. The number of nitriles is 1. The summed E-state index contributed by atoms with van der Waals surface area (Å²) in [7, 11) is 4.52. The number of rotatable bonds is 9. The number of amides is 1. The predicted octanol–water partition coefficient (Wildman–Crippen LogP) is 4.60. The molecule has 3 aromatic rings. The molecule has 3 N–H and O–H groups in total. The number of thioether (sulfide) groups is 1. The van der Waals surface area contributed by atoms with Gasteiger partial charge < -0.3 is 25.3 Å². The molecule has 216 valence electrons. The number of nitrogens with two attached hydrogens (primary N) is 1. The van der Waals surface area contributed by atoms with Gasteiger partial charge in [0.15, 0.2) is 21.6 Å². The van der Waals surface area contributed by atoms with Crippen LogP contribution in [0, 0.1) is 11.3 Å². The van der Waals surface area contributed by atoms with Crippen LogP contribution in [0.3, 0.4) is 0 Å². The first-order valence-corrected chi connectivity index (χ1v) is 14.8. The minimum absolute atomic E-state index is 0.0723. The van der Waals surface area contributed by atoms with Crippen molar-refractivity contribution in [2.75, 3.05) is 37.3 Å². The molecule has 2 aromatic carbocycles. The number of Topliss-reactive ketones (excluding diaryl/α,β-unsaturated/α-hetero) is 1. The number of nitrogens with one attached hydrogen (secondary N) is 1. The molecule has 11 nitrogen and oxygen atoms in total. The number of ketones is 1. The summed E-state index contributed by atoms with van der Waals surface area (Å²) in [4.78, 5) is 27.6. The number of methoxy groups -OCH3 is 3. The van der Waals surface area contributed by atoms with Crippen LogP contribution in [-0.4, -0.2) is 49.0 Å². The fraction of sp³-hybridized carbons (Fsp3) is 0.276. The van der Waals surface area contributed by atoms with E-state index in [0.717, 1.165) is 0 Å². The lowest BCUT2D eigenvalue weighted by atomic mass is 9.75. The normalized spacial score (nSPS) is 16.6. The van der Waals surface area contributed by atoms with Crippen LogP contribution >= 0.6 is 23.1 Å². The summed E-state index contributed by atoms with van der Waals surface area (Å²) >= 11 is 2.48. The van der Waals surface area contributed by atoms with E-state index in [9.17, 15) is 14.9 Å². The molecule has 0 bridgehead atoms. The third kappa shape index (κ3) is 5.50. The number of carbonyl (C=O) groups is 2. The number of hydrogen-bond donors (Lipinski definition) is 2. The molecule has 42 heavy (non-hydrogen) atoms. The van der Waals surface area contributed by atoms with E-state index >= 15 is 0 Å². The lowest BCUT2D eigenvalue weighted by molar-refractivity contribution is -0.116. The van der Waals surface area contributed by atoms with Crippen LogP contribution in [-0.2, 0) is 9.59 Å². The van der Waals surface area contributed by atoms with E-state index in [4.69, 9.17) is 19.9 Å². The molecule has 0 radical (unpaired) electrons. The van der Waals surface area contributed by atoms with Crippen molar-refractivity contribution in [2.45, 2.75) is 29.5 Å². The molecular weight excluding hydrogens is 576 g/mol. The highest BCUT2D eigenvalue weighted by Gasteiger charge is 2.42. The van der Waals surface area contributed by atoms with Crippen LogP contribution in [0.5, 0.6) is 17.2 Å². The predicted molar refractivity (Wildman–Crippen MR) is 160 cm³/mol. The Labute approximate surface area is 251 Å². The molecule has 1 aliphatic carbocycles. The van der Waals surface area contributed by atoms with E-state index in [2.05, 4.69) is 21.6 Å². The molecule has 1 aliphatic heterocycles. The van der Waals surface area contributed by atoms with Gasteiger partial charge in [-0.3, -0.25) is 14.5 Å². The second-order valence-electron chi connectivity index (χ2n) is 9.33. The van der Waals surface area contributed by atoms with Crippen molar-refractivity contribution in [3.8, 4) is 23.3 Å². The number of allylic oxidation sites excluding steroid dienone is 3. The van der Waals surface area contributed by atoms with Crippen LogP contribution in [0.2, 0.25) is 0 Å². The highest BCUT2D eigenvalue weighted by molar-refractivity contribution is 8.01. The Morgan fingerprint density at radius 2 is 1.86 bits per heavy atom. The maximum Gasteiger partial charge on any atom is 0.234 e. The zero-order valence-electron chi connectivity index (χ0n) is 23.2. The average Bonchev–Trinajstić information content (AvgIpc) is 3.47. The number of ether oxygens (including phenoxy) is 3. The van der Waals surface area contributed by atoms with Crippen molar-refractivity contribution in [1.29, 1.82) is 5.26 Å². The lowest BCUT2D eigenvalue weighted by Gasteiger charge is -2.38. The van der Waals surface area contributed by atoms with Crippen LogP contribution in [0.15, 0.2) is 69.5 Å². The first kappa shape index (κ1) is 29.0. The third-order valence-electron chi connectivity index (χ3n) is 6.91. The zero-order chi connectivity index (χ0) is 29.8. The zero-order valence-corrected chi connectivity index (χ0v) is 24.8. The number of nitrogens with zero attached hydrogens (tertiary/aromatic N) is 4. The van der Waals surface area contributed by atoms with Crippen LogP contribution in [0.4, 0.5) is 10.8 Å². The molecule has 0 saturated carbocycles. The molecular formula is C29H28N6O5S2. The van der Waals surface area contributed by atoms with Crippen molar-refractivity contribution in [2.24, 2.45) is 5.73 Å². The summed E-state index contributed by atoms with van der Waals surface area (Å²) in [6.45, 7) is 0. The van der Waals surface area contributed by atoms with Gasteiger partial charge in [-0.25, -0.2) is 0 Å². The molecule has 0 fully saturated rings. The number of benzene rings is 2. The minimum Gasteiger partial charge on any atom is -0.493 e. The molecule has 5 rings (SSSR count). The quantitative estimate of drug-likeness (QED) is 0.330. The van der Waals surface area contributed by atoms with Crippen molar-refractivity contribution < 1.29 is 23.8 Å². The Balaban J connectivity index is 1.49. The van der Waals surface area contributed by atoms with Gasteiger partial charge in [-0.15, -0.1) is 10.2 Å². The molecule has 1 amide bonds. The van der Waals surface area contributed by atoms with Crippen molar-refractivity contribution in [1.82, 2.24) is 10.2 Å². The largest absolute Gasteiger partial charge is 0.493 e. The van der Waals surface area contributed by atoms with Crippen molar-refractivity contribution >= 4 is 45.6 Å². The van der Waals surface area contributed by atoms with E-state index in [1.165, 1.54) is 44.4 Å². The second kappa shape index (κ2) is 12.5. The molecule has 1 atom stereocenters. The van der Waals surface area contributed by atoms with E-state index in [0.29, 0.717) is 68.5 Å². The Morgan fingerprint density at radius 1 is 1.14 bits per heavy atom. The standard InChI is InChI=1S/C29H28N6O5S2/c1-38-21-12-16(13-22(39-2)26(21)40-3)24-18(14-30)27(31)35(19-10-7-11-20(36)25(19)24)28-33-34-29(42-28)41-15-23(37)32-17-8-5-4-6-9-17/h4-6,8-9,12-13,24H,7,10-11,15,31H2,1-3H3,(H,32,37). The number of carbonyl (C=O) groups excluding carboxylic acids is 2. The van der Waals surface area contributed by atoms with Gasteiger partial charge in [0.2, 0.25) is 16.8 Å². The smallest absolute Gasteiger partial charge is 0.234 e. The fourth-order valence-corrected chi connectivity index (χ4v) is 6.78. The van der Waals surface area contributed by atoms with Crippen LogP contribution in [0.25, 0.3) is 0 Å². The number of hydrogen-bond acceptors (Lipinski definition) is 12. The highest BCUT2D eigenvalue weighted by atomic mass is 32.2. The lowest BCUT2D eigenvalue weighted by Crippen LogP contribution is -2.38. The van der Waals surface area contributed by atoms with Gasteiger partial charge in [0, 0.05) is 23.4 Å². The molecule has 2 heterocycles. The van der Waals surface area contributed by atoms with Gasteiger partial charge in [-0.2, -0.15) is 5.26 Å². The summed E-state index contributed by atoms with van der Waals surface area (Å²) < 4.78 is 17.1. The maximum absolute atomic E-state index is 13.5. The van der Waals surface area contributed by atoms with E-state index < -0.39 is 5.92 Å². The van der Waals surface area contributed by atoms with Gasteiger partial charge in [0.25, 0.3) is 0 Å². The minimum atomic E-state index is -0.730. The van der Waals surface area contributed by atoms with Crippen molar-refractivity contribution in [3.05, 3.63) is 70.7 Å². The second-order valence-corrected chi connectivity index (χ2v) is 11.5. The van der Waals surface area contributed by atoms with E-state index in [1.54, 1.807) is 17.0 Å². The van der Waals surface area contributed by atoms with Gasteiger partial charge in [-0.05, 0) is 42.7 Å². The summed E-state index contributed by atoms with van der Waals surface area (Å²) in [5.74, 6) is 0.520. The fourth-order valence-electron chi connectivity index (χ4n) is 5.10. The highest BCUT2D eigenvalue weighted by Crippen LogP contribution is 2.49. The third-order valence-corrected chi connectivity index (χ3v) is 8.95. The topological polar surface area (TPSA) is 153 Å². The average molecular weight is 605 g/mol. The SMILES string of the molecule is COc1cc(C2C(C#N)=C(N)N(c3nnc(SCC(=O)Nc4ccccc4)s3)C3=C2C(=O)CCC3)cc(OC)c1OC. The Kier molecular flexibility index (Phi) is 8.65. The summed E-state index contributed by atoms with van der Waals surface area (Å²) in [5.41, 5.74) is 9.36. The monoisotopic (exact) mass is 604 g/mol. The molecule has 2 aliphatic rings. The Morgan fingerprint density at radius 3 is 2.50 bits per heavy atom. The summed E-state index contributed by atoms with van der Waals surface area (Å²) in [6, 6.07) is 14.9. The molecule has 0 saturated heterocycles. The number of aromatic nitrogens is 2. The Hall–Kier alpha value is -4.54. The van der Waals surface area contributed by atoms with Gasteiger partial charge in [-0.1, -0.05) is 41.3 Å². The van der Waals surface area contributed by atoms with Crippen molar-refractivity contribution in [3.63, 3.8) is 0 Å². The number of para-hydroxylation sites is 1. The molecule has 1 aromatic heterocycles. The van der Waals surface area contributed by atoms with Gasteiger partial charge in [0.1, 0.15) is 5.82 Å². The first-order valence-electron chi connectivity index (χ1n) is 13.0. The van der Waals surface area contributed by atoms with E-state index in [1.807, 2.05) is 30.3 Å². The molecule has 1 unspecified atom stereocenters. The number of anilines is 2. The summed E-state index contributed by atoms with van der Waals surface area (Å²) in [5, 5.41) is 22.2. The Bertz CT molecular complexity index is 1600. The first-order chi connectivity index (χ1) is 20.4. The van der Waals surface area contributed by atoms with Gasteiger partial charge in [0.05, 0.1) is 44.6 Å². The van der Waals surface area contributed by atoms with Crippen LogP contribution < -0.4 is 30.2 Å².